The number of carboxylic acids is 4. The molecule has 0 amide bonds. The van der Waals surface area contributed by atoms with Crippen molar-refractivity contribution >= 4 is 74.0 Å². The first-order chi connectivity index (χ1) is 20.0. The van der Waals surface area contributed by atoms with Crippen LogP contribution in [0.3, 0.4) is 0 Å². The Morgan fingerprint density at radius 3 is 1.33 bits per heavy atom. The van der Waals surface area contributed by atoms with Crippen molar-refractivity contribution in [2.24, 2.45) is 0 Å². The minimum Gasteiger partial charge on any atom is -0.478 e. The van der Waals surface area contributed by atoms with Gasteiger partial charge in [0.15, 0.2) is 0 Å². The van der Waals surface area contributed by atoms with Crippen LogP contribution < -0.4 is 0 Å². The molecule has 43 heavy (non-hydrogen) atoms. The molecule has 0 unspecified atom stereocenters. The maximum atomic E-state index is 12.1. The molecular weight excluding hydrogens is 776 g/mol. The molecule has 0 aliphatic rings. The summed E-state index contributed by atoms with van der Waals surface area (Å²) in [6, 6.07) is 23.3. The van der Waals surface area contributed by atoms with Gasteiger partial charge in [0.1, 0.15) is 0 Å². The van der Waals surface area contributed by atoms with Crippen molar-refractivity contribution in [3.05, 3.63) is 138 Å². The third kappa shape index (κ3) is 14.2. The molecule has 8 nitrogen and oxygen atoms in total. The molecule has 226 valence electrons. The molecule has 0 aromatic heterocycles. The van der Waals surface area contributed by atoms with E-state index in [0.717, 1.165) is 26.2 Å². The molecule has 0 saturated heterocycles. The molecule has 4 rings (SSSR count). The van der Waals surface area contributed by atoms with Crippen LogP contribution in [0.1, 0.15) is 47.0 Å². The number of aromatic carboxylic acids is 4. The van der Waals surface area contributed by atoms with E-state index in [4.69, 9.17) is 32.0 Å². The summed E-state index contributed by atoms with van der Waals surface area (Å²) < 4.78 is 38.4. The topological polar surface area (TPSA) is 149 Å². The van der Waals surface area contributed by atoms with E-state index in [1.165, 1.54) is 18.2 Å². The number of alkyl halides is 3. The Morgan fingerprint density at radius 2 is 0.977 bits per heavy atom. The molecule has 4 aromatic carbocycles. The highest BCUT2D eigenvalue weighted by atomic mass is 127. The Labute approximate surface area is 269 Å². The van der Waals surface area contributed by atoms with E-state index in [1.54, 1.807) is 60.7 Å². The van der Waals surface area contributed by atoms with Gasteiger partial charge >= 0.3 is 30.1 Å². The fourth-order valence-electron chi connectivity index (χ4n) is 2.69. The van der Waals surface area contributed by atoms with E-state index >= 15 is 0 Å². The number of hydrogen-bond acceptors (Lipinski definition) is 4. The summed E-state index contributed by atoms with van der Waals surface area (Å²) in [5.41, 5.74) is -0.953. The second kappa shape index (κ2) is 17.9. The van der Waals surface area contributed by atoms with Crippen LogP contribution in [0.25, 0.3) is 0 Å². The van der Waals surface area contributed by atoms with Gasteiger partial charge in [0, 0.05) is 13.1 Å². The average molecular weight is 796 g/mol. The molecule has 0 bridgehead atoms. The van der Waals surface area contributed by atoms with Gasteiger partial charge in [0.2, 0.25) is 0 Å². The lowest BCUT2D eigenvalue weighted by Crippen LogP contribution is -2.12. The number of carboxylic acid groups (broad SMARTS) is 4. The summed E-state index contributed by atoms with van der Waals surface area (Å²) in [6.45, 7) is 0. The highest BCUT2D eigenvalue weighted by Crippen LogP contribution is 2.31. The smallest absolute Gasteiger partial charge is 0.417 e. The highest BCUT2D eigenvalue weighted by Gasteiger charge is 2.34. The van der Waals surface area contributed by atoms with E-state index in [0.29, 0.717) is 16.1 Å². The minimum absolute atomic E-state index is 0.254. The summed E-state index contributed by atoms with van der Waals surface area (Å²) in [4.78, 5) is 41.2. The van der Waals surface area contributed by atoms with Gasteiger partial charge in [-0.05, 0) is 108 Å². The Morgan fingerprint density at radius 1 is 0.605 bits per heavy atom. The Kier molecular flexibility index (Phi) is 15.4. The zero-order chi connectivity index (χ0) is 32.7. The van der Waals surface area contributed by atoms with Crippen molar-refractivity contribution in [3.8, 4) is 0 Å². The van der Waals surface area contributed by atoms with Gasteiger partial charge < -0.3 is 20.4 Å². The van der Waals surface area contributed by atoms with Crippen LogP contribution in [0, 0.1) is 3.57 Å². The Hall–Kier alpha value is -3.95. The molecular formula is C29H20BrClF3IO8. The predicted octanol–water partition coefficient (Wildman–Crippen LogP) is 8.58. The van der Waals surface area contributed by atoms with E-state index in [-0.39, 0.29) is 5.56 Å². The number of hydrogen-bond donors (Lipinski definition) is 4. The van der Waals surface area contributed by atoms with E-state index < -0.39 is 41.2 Å². The molecule has 0 spiro atoms. The van der Waals surface area contributed by atoms with Crippen molar-refractivity contribution in [2.45, 2.75) is 6.18 Å². The van der Waals surface area contributed by atoms with E-state index in [2.05, 4.69) is 38.5 Å². The van der Waals surface area contributed by atoms with Crippen molar-refractivity contribution in [2.75, 3.05) is 0 Å². The van der Waals surface area contributed by atoms with Crippen molar-refractivity contribution < 1.29 is 52.8 Å². The second-order valence-electron chi connectivity index (χ2n) is 7.78. The van der Waals surface area contributed by atoms with Gasteiger partial charge in [-0.2, -0.15) is 13.2 Å². The number of benzene rings is 4. The van der Waals surface area contributed by atoms with Crippen LogP contribution in [-0.4, -0.2) is 44.3 Å². The molecule has 4 aromatic rings. The van der Waals surface area contributed by atoms with Gasteiger partial charge in [0.05, 0.1) is 27.8 Å². The number of halogens is 6. The summed E-state index contributed by atoms with van der Waals surface area (Å²) in [6.07, 6.45) is -4.62. The summed E-state index contributed by atoms with van der Waals surface area (Å²) in [7, 11) is 0. The van der Waals surface area contributed by atoms with Crippen LogP contribution in [0.4, 0.5) is 13.2 Å². The number of carbonyl (C=O) groups is 4. The molecule has 0 atom stereocenters. The number of rotatable bonds is 4. The molecule has 0 heterocycles. The van der Waals surface area contributed by atoms with Crippen molar-refractivity contribution in [1.82, 2.24) is 0 Å². The fourth-order valence-corrected chi connectivity index (χ4v) is 3.44. The lowest BCUT2D eigenvalue weighted by atomic mass is 10.1. The molecule has 0 fully saturated rings. The summed E-state index contributed by atoms with van der Waals surface area (Å²) >= 11 is 10.9. The lowest BCUT2D eigenvalue weighted by molar-refractivity contribution is -0.138. The van der Waals surface area contributed by atoms with Crippen LogP contribution in [0.5, 0.6) is 0 Å². The first kappa shape index (κ1) is 37.1. The fraction of sp³-hybridized carbons (Fsp3) is 0.0345. The maximum Gasteiger partial charge on any atom is 0.417 e. The zero-order valence-electron chi connectivity index (χ0n) is 21.4. The van der Waals surface area contributed by atoms with Gasteiger partial charge in [-0.15, -0.1) is 0 Å². The minimum atomic E-state index is -4.62. The Bertz CT molecular complexity index is 1400. The van der Waals surface area contributed by atoms with Crippen LogP contribution >= 0.6 is 50.1 Å². The first-order valence-electron chi connectivity index (χ1n) is 11.4. The molecule has 4 N–H and O–H groups in total. The molecule has 0 aliphatic heterocycles. The summed E-state index contributed by atoms with van der Waals surface area (Å²) in [5.74, 6) is -4.28. The predicted molar refractivity (Wildman–Crippen MR) is 164 cm³/mol. The average Bonchev–Trinajstić information content (AvgIpc) is 2.94. The molecule has 0 aliphatic carbocycles. The van der Waals surface area contributed by atoms with E-state index in [9.17, 15) is 32.3 Å². The van der Waals surface area contributed by atoms with Gasteiger partial charge in [-0.1, -0.05) is 39.7 Å². The van der Waals surface area contributed by atoms with E-state index in [1.807, 2.05) is 0 Å². The third-order valence-corrected chi connectivity index (χ3v) is 6.24. The quantitative estimate of drug-likeness (QED) is 0.150. The van der Waals surface area contributed by atoms with Crippen molar-refractivity contribution in [1.29, 1.82) is 0 Å². The SMILES string of the molecule is O=C(O)c1ccc(Br)cc1.O=C(O)c1ccc(Cl)cc1.O=C(O)c1ccc(I)cc1.O=C(O)c1ccccc1C(F)(F)F. The Balaban J connectivity index is 0.000000289. The van der Waals surface area contributed by atoms with Gasteiger partial charge in [-0.3, -0.25) is 0 Å². The first-order valence-corrected chi connectivity index (χ1v) is 13.6. The standard InChI is InChI=1S/C8H5F3O2.C7H5BrO2.C7H5ClO2.C7H5IO2/c9-8(10,11)6-4-2-1-3-5(6)7(12)13;3*8-6-3-1-5(2-4-6)7(9)10/h1-4H,(H,12,13);3*1-4H,(H,9,10). The molecule has 0 saturated carbocycles. The monoisotopic (exact) mass is 794 g/mol. The summed E-state index contributed by atoms with van der Waals surface area (Å²) in [5, 5.41) is 34.3. The van der Waals surface area contributed by atoms with Crippen molar-refractivity contribution in [3.63, 3.8) is 0 Å². The zero-order valence-corrected chi connectivity index (χ0v) is 25.9. The van der Waals surface area contributed by atoms with Crippen LogP contribution in [-0.2, 0) is 6.18 Å². The third-order valence-electron chi connectivity index (χ3n) is 4.74. The van der Waals surface area contributed by atoms with Gasteiger partial charge in [-0.25, -0.2) is 19.2 Å². The normalized spacial score (nSPS) is 9.91. The van der Waals surface area contributed by atoms with Crippen LogP contribution in [0.15, 0.2) is 102 Å². The second-order valence-corrected chi connectivity index (χ2v) is 10.4. The van der Waals surface area contributed by atoms with Gasteiger partial charge in [0.25, 0.3) is 0 Å². The van der Waals surface area contributed by atoms with Crippen LogP contribution in [0.2, 0.25) is 5.02 Å². The molecule has 14 heteroatoms. The lowest BCUT2D eigenvalue weighted by Gasteiger charge is -2.08. The molecule has 0 radical (unpaired) electrons. The largest absolute Gasteiger partial charge is 0.478 e. The highest BCUT2D eigenvalue weighted by molar-refractivity contribution is 14.1. The maximum absolute atomic E-state index is 12.1.